The standard InChI is InChI=1S/C21H21ClN2O3/c1-21(2,3)23-20(26)19(25)18-15(12-14-7-5-6-10-24(14)18)13-8-9-17(27-4)16(22)11-13/h5-12H,1-4H3,(H,23,26). The summed E-state index contributed by atoms with van der Waals surface area (Å²) in [6.45, 7) is 5.50. The summed E-state index contributed by atoms with van der Waals surface area (Å²) in [5.74, 6) is -0.701. The molecule has 0 aliphatic heterocycles. The van der Waals surface area contributed by atoms with Gasteiger partial charge in [0.2, 0.25) is 0 Å². The summed E-state index contributed by atoms with van der Waals surface area (Å²) in [5.41, 5.74) is 1.97. The second kappa shape index (κ2) is 7.08. The molecule has 0 radical (unpaired) electrons. The quantitative estimate of drug-likeness (QED) is 0.537. The van der Waals surface area contributed by atoms with Crippen LogP contribution < -0.4 is 10.1 Å². The van der Waals surface area contributed by atoms with E-state index in [9.17, 15) is 9.59 Å². The lowest BCUT2D eigenvalue weighted by atomic mass is 10.0. The Bertz CT molecular complexity index is 1030. The minimum Gasteiger partial charge on any atom is -0.495 e. The molecule has 3 rings (SSSR count). The van der Waals surface area contributed by atoms with Crippen LogP contribution in [0.15, 0.2) is 48.7 Å². The Morgan fingerprint density at radius 2 is 1.85 bits per heavy atom. The van der Waals surface area contributed by atoms with Crippen molar-refractivity contribution in [2.45, 2.75) is 26.3 Å². The topological polar surface area (TPSA) is 59.8 Å². The molecule has 27 heavy (non-hydrogen) atoms. The van der Waals surface area contributed by atoms with Gasteiger partial charge in [-0.3, -0.25) is 9.59 Å². The molecule has 2 aromatic heterocycles. The van der Waals surface area contributed by atoms with E-state index in [1.807, 2.05) is 51.1 Å². The summed E-state index contributed by atoms with van der Waals surface area (Å²) in [5, 5.41) is 3.17. The molecule has 0 aliphatic rings. The van der Waals surface area contributed by atoms with E-state index in [2.05, 4.69) is 5.32 Å². The summed E-state index contributed by atoms with van der Waals surface area (Å²) in [4.78, 5) is 25.5. The average Bonchev–Trinajstić information content (AvgIpc) is 2.99. The van der Waals surface area contributed by atoms with Gasteiger partial charge in [-0.15, -0.1) is 0 Å². The number of ether oxygens (including phenoxy) is 1. The number of benzene rings is 1. The van der Waals surface area contributed by atoms with Crippen LogP contribution in [-0.4, -0.2) is 28.7 Å². The van der Waals surface area contributed by atoms with E-state index in [1.54, 1.807) is 29.8 Å². The van der Waals surface area contributed by atoms with Crippen molar-refractivity contribution in [1.29, 1.82) is 0 Å². The van der Waals surface area contributed by atoms with E-state index in [4.69, 9.17) is 16.3 Å². The van der Waals surface area contributed by atoms with Crippen molar-refractivity contribution >= 4 is 28.8 Å². The van der Waals surface area contributed by atoms with Crippen LogP contribution in [0, 0.1) is 0 Å². The number of hydrogen-bond donors (Lipinski definition) is 1. The largest absolute Gasteiger partial charge is 0.495 e. The first-order chi connectivity index (χ1) is 12.7. The van der Waals surface area contributed by atoms with Crippen molar-refractivity contribution < 1.29 is 14.3 Å². The number of ketones is 1. The first-order valence-electron chi connectivity index (χ1n) is 8.52. The molecule has 0 bridgehead atoms. The fourth-order valence-electron chi connectivity index (χ4n) is 2.91. The second-order valence-corrected chi connectivity index (χ2v) is 7.69. The van der Waals surface area contributed by atoms with Gasteiger partial charge < -0.3 is 14.5 Å². The molecule has 0 saturated carbocycles. The lowest BCUT2D eigenvalue weighted by Crippen LogP contribution is -2.44. The van der Waals surface area contributed by atoms with Crippen LogP contribution in [0.4, 0.5) is 0 Å². The maximum Gasteiger partial charge on any atom is 0.294 e. The molecule has 1 aromatic carbocycles. The number of pyridine rings is 1. The van der Waals surface area contributed by atoms with Crippen molar-refractivity contribution in [3.05, 3.63) is 59.4 Å². The molecule has 0 spiro atoms. The molecule has 140 valence electrons. The van der Waals surface area contributed by atoms with Gasteiger partial charge in [-0.25, -0.2) is 0 Å². The molecule has 0 saturated heterocycles. The van der Waals surface area contributed by atoms with Crippen LogP contribution in [0.25, 0.3) is 16.6 Å². The molecule has 0 fully saturated rings. The normalized spacial score (nSPS) is 11.4. The average molecular weight is 385 g/mol. The second-order valence-electron chi connectivity index (χ2n) is 7.28. The number of aromatic nitrogens is 1. The molecule has 0 unspecified atom stereocenters. The maximum absolute atomic E-state index is 13.0. The Hall–Kier alpha value is -2.79. The van der Waals surface area contributed by atoms with Gasteiger partial charge >= 0.3 is 0 Å². The van der Waals surface area contributed by atoms with Gasteiger partial charge in [-0.2, -0.15) is 0 Å². The number of carbonyl (C=O) groups excluding carboxylic acids is 2. The zero-order valence-corrected chi connectivity index (χ0v) is 16.4. The zero-order chi connectivity index (χ0) is 19.8. The number of halogens is 1. The minimum atomic E-state index is -0.646. The van der Waals surface area contributed by atoms with Gasteiger partial charge in [0.25, 0.3) is 11.7 Å². The highest BCUT2D eigenvalue weighted by atomic mass is 35.5. The van der Waals surface area contributed by atoms with E-state index in [-0.39, 0.29) is 0 Å². The van der Waals surface area contributed by atoms with Crippen LogP contribution in [0.3, 0.4) is 0 Å². The number of nitrogens with zero attached hydrogens (tertiary/aromatic N) is 1. The Morgan fingerprint density at radius 3 is 2.48 bits per heavy atom. The van der Waals surface area contributed by atoms with Gasteiger partial charge in [0.05, 0.1) is 12.1 Å². The SMILES string of the molecule is COc1ccc(-c2cc3ccccn3c2C(=O)C(=O)NC(C)(C)C)cc1Cl. The Kier molecular flexibility index (Phi) is 4.98. The summed E-state index contributed by atoms with van der Waals surface area (Å²) in [6.07, 6.45) is 1.77. The first-order valence-corrected chi connectivity index (χ1v) is 8.90. The maximum atomic E-state index is 13.0. The molecule has 1 amide bonds. The summed E-state index contributed by atoms with van der Waals surface area (Å²) < 4.78 is 6.92. The van der Waals surface area contributed by atoms with Gasteiger partial charge in [0.1, 0.15) is 11.4 Å². The van der Waals surface area contributed by atoms with Crippen LogP contribution in [0.2, 0.25) is 5.02 Å². The third kappa shape index (κ3) is 3.83. The third-order valence-electron chi connectivity index (χ3n) is 4.05. The molecular formula is C21H21ClN2O3. The number of hydrogen-bond acceptors (Lipinski definition) is 3. The number of amides is 1. The van der Waals surface area contributed by atoms with Crippen molar-refractivity contribution in [2.75, 3.05) is 7.11 Å². The molecule has 0 atom stereocenters. The van der Waals surface area contributed by atoms with Crippen LogP contribution in [0.1, 0.15) is 31.3 Å². The fraction of sp³-hybridized carbons (Fsp3) is 0.238. The predicted molar refractivity (Wildman–Crippen MR) is 107 cm³/mol. The van der Waals surface area contributed by atoms with Gasteiger partial charge in [-0.05, 0) is 56.7 Å². The third-order valence-corrected chi connectivity index (χ3v) is 4.35. The number of nitrogens with one attached hydrogen (secondary N) is 1. The van der Waals surface area contributed by atoms with E-state index >= 15 is 0 Å². The van der Waals surface area contributed by atoms with Crippen LogP contribution >= 0.6 is 11.6 Å². The summed E-state index contributed by atoms with van der Waals surface area (Å²) in [7, 11) is 1.54. The van der Waals surface area contributed by atoms with E-state index in [0.717, 1.165) is 11.1 Å². The molecule has 3 aromatic rings. The number of methoxy groups -OCH3 is 1. The molecule has 2 heterocycles. The lowest BCUT2D eigenvalue weighted by molar-refractivity contribution is -0.118. The molecule has 1 N–H and O–H groups in total. The predicted octanol–water partition coefficient (Wildman–Crippen LogP) is 4.37. The van der Waals surface area contributed by atoms with E-state index in [0.29, 0.717) is 22.0 Å². The summed E-state index contributed by atoms with van der Waals surface area (Å²) >= 11 is 6.26. The van der Waals surface area contributed by atoms with Crippen molar-refractivity contribution in [3.63, 3.8) is 0 Å². The highest BCUT2D eigenvalue weighted by molar-refractivity contribution is 6.44. The Morgan fingerprint density at radius 1 is 1.11 bits per heavy atom. The smallest absolute Gasteiger partial charge is 0.294 e. The molecule has 5 nitrogen and oxygen atoms in total. The number of rotatable bonds is 4. The van der Waals surface area contributed by atoms with Crippen molar-refractivity contribution in [1.82, 2.24) is 9.72 Å². The summed E-state index contributed by atoms with van der Waals surface area (Å²) in [6, 6.07) is 12.7. The molecule has 0 aliphatic carbocycles. The van der Waals surface area contributed by atoms with Crippen LogP contribution in [0.5, 0.6) is 5.75 Å². The number of fused-ring (bicyclic) bond motifs is 1. The van der Waals surface area contributed by atoms with E-state index < -0.39 is 17.2 Å². The van der Waals surface area contributed by atoms with Gasteiger partial charge in [-0.1, -0.05) is 23.7 Å². The van der Waals surface area contributed by atoms with Gasteiger partial charge in [0, 0.05) is 22.8 Å². The zero-order valence-electron chi connectivity index (χ0n) is 15.7. The van der Waals surface area contributed by atoms with Crippen molar-refractivity contribution in [2.24, 2.45) is 0 Å². The molecule has 6 heteroatoms. The highest BCUT2D eigenvalue weighted by Gasteiger charge is 2.27. The van der Waals surface area contributed by atoms with Crippen LogP contribution in [-0.2, 0) is 4.79 Å². The first kappa shape index (κ1) is 19.0. The molecular weight excluding hydrogens is 364 g/mol. The van der Waals surface area contributed by atoms with E-state index in [1.165, 1.54) is 0 Å². The minimum absolute atomic E-state index is 0.300. The van der Waals surface area contributed by atoms with Gasteiger partial charge in [0.15, 0.2) is 0 Å². The van der Waals surface area contributed by atoms with Crippen molar-refractivity contribution in [3.8, 4) is 16.9 Å². The fourth-order valence-corrected chi connectivity index (χ4v) is 3.17. The highest BCUT2D eigenvalue weighted by Crippen LogP contribution is 2.34. The Labute approximate surface area is 162 Å². The number of Topliss-reactive ketones (excluding diaryl/α,β-unsaturated/α-hetero) is 1. The Balaban J connectivity index is 2.16. The lowest BCUT2D eigenvalue weighted by Gasteiger charge is -2.20. The number of carbonyl (C=O) groups is 2. The monoisotopic (exact) mass is 384 g/mol.